The van der Waals surface area contributed by atoms with Crippen molar-refractivity contribution in [2.24, 2.45) is 0 Å². The normalized spacial score (nSPS) is 21.6. The van der Waals surface area contributed by atoms with Gasteiger partial charge in [0.15, 0.2) is 5.82 Å². The number of pyridine rings is 1. The summed E-state index contributed by atoms with van der Waals surface area (Å²) in [6.45, 7) is 4.47. The van der Waals surface area contributed by atoms with Gasteiger partial charge in [-0.25, -0.2) is 9.97 Å². The molecule has 1 unspecified atom stereocenters. The van der Waals surface area contributed by atoms with Gasteiger partial charge >= 0.3 is 0 Å². The van der Waals surface area contributed by atoms with Gasteiger partial charge in [0.05, 0.1) is 12.6 Å². The fourth-order valence-electron chi connectivity index (χ4n) is 5.31. The number of nitrogens with zero attached hydrogens (tertiary/aromatic N) is 5. The van der Waals surface area contributed by atoms with Crippen molar-refractivity contribution < 1.29 is 9.90 Å². The summed E-state index contributed by atoms with van der Waals surface area (Å²) in [5.41, 5.74) is 2.30. The van der Waals surface area contributed by atoms with Gasteiger partial charge in [0.2, 0.25) is 0 Å². The molecule has 34 heavy (non-hydrogen) atoms. The van der Waals surface area contributed by atoms with Gasteiger partial charge in [-0.2, -0.15) is 0 Å². The van der Waals surface area contributed by atoms with Crippen LogP contribution >= 0.6 is 0 Å². The summed E-state index contributed by atoms with van der Waals surface area (Å²) in [7, 11) is 0. The Morgan fingerprint density at radius 1 is 1.09 bits per heavy atom. The van der Waals surface area contributed by atoms with E-state index in [0.717, 1.165) is 64.0 Å². The standard InChI is InChI=1S/C25H35N7O2/c33-17-20-7-3-4-12-32(20)25(34)21-16-28-24(30-23(21)29-18-5-1-2-6-18)22-15-19(8-9-27-22)31-13-10-26-11-14-31/h8-9,15-16,18,20,26,33H,1-7,10-14,17H2,(H,28,29,30). The number of carbonyl (C=O) groups is 1. The molecule has 0 aromatic carbocycles. The quantitative estimate of drug-likeness (QED) is 0.597. The lowest BCUT2D eigenvalue weighted by atomic mass is 10.0. The van der Waals surface area contributed by atoms with Gasteiger partial charge in [0.25, 0.3) is 5.91 Å². The molecule has 1 aliphatic carbocycles. The highest BCUT2D eigenvalue weighted by molar-refractivity contribution is 5.99. The molecule has 5 rings (SSSR count). The smallest absolute Gasteiger partial charge is 0.259 e. The lowest BCUT2D eigenvalue weighted by Crippen LogP contribution is -2.46. The van der Waals surface area contributed by atoms with Crippen molar-refractivity contribution in [2.45, 2.75) is 57.0 Å². The Hall–Kier alpha value is -2.78. The number of piperazine rings is 1. The topological polar surface area (TPSA) is 107 Å². The Bertz CT molecular complexity index is 989. The zero-order valence-corrected chi connectivity index (χ0v) is 19.7. The van der Waals surface area contributed by atoms with Gasteiger partial charge in [-0.3, -0.25) is 9.78 Å². The summed E-state index contributed by atoms with van der Waals surface area (Å²) in [4.78, 5) is 31.6. The van der Waals surface area contributed by atoms with E-state index in [1.54, 1.807) is 17.3 Å². The van der Waals surface area contributed by atoms with E-state index in [2.05, 4.69) is 25.5 Å². The molecule has 2 aromatic rings. The lowest BCUT2D eigenvalue weighted by Gasteiger charge is -2.35. The molecule has 4 heterocycles. The predicted molar refractivity (Wildman–Crippen MR) is 132 cm³/mol. The summed E-state index contributed by atoms with van der Waals surface area (Å²) in [5, 5.41) is 16.8. The van der Waals surface area contributed by atoms with Gasteiger partial charge in [-0.1, -0.05) is 12.8 Å². The maximum atomic E-state index is 13.5. The second kappa shape index (κ2) is 10.7. The molecule has 182 valence electrons. The minimum atomic E-state index is -0.141. The number of aliphatic hydroxyl groups excluding tert-OH is 1. The van der Waals surface area contributed by atoms with Crippen LogP contribution in [0.5, 0.6) is 0 Å². The highest BCUT2D eigenvalue weighted by Gasteiger charge is 2.30. The number of rotatable bonds is 6. The third kappa shape index (κ3) is 5.00. The number of likely N-dealkylation sites (tertiary alicyclic amines) is 1. The number of hydrogen-bond donors (Lipinski definition) is 3. The molecule has 2 saturated heterocycles. The van der Waals surface area contributed by atoms with Crippen LogP contribution in [0.15, 0.2) is 24.5 Å². The minimum Gasteiger partial charge on any atom is -0.394 e. The Labute approximate surface area is 201 Å². The number of aromatic nitrogens is 3. The summed E-state index contributed by atoms with van der Waals surface area (Å²) in [6.07, 6.45) is 10.8. The number of aliphatic hydroxyl groups is 1. The first kappa shape index (κ1) is 23.0. The average molecular weight is 466 g/mol. The molecule has 9 nitrogen and oxygen atoms in total. The van der Waals surface area contributed by atoms with Crippen LogP contribution in [0.3, 0.4) is 0 Å². The molecule has 0 radical (unpaired) electrons. The molecule has 0 bridgehead atoms. The maximum absolute atomic E-state index is 13.5. The molecule has 9 heteroatoms. The number of amides is 1. The van der Waals surface area contributed by atoms with E-state index in [1.807, 2.05) is 12.1 Å². The average Bonchev–Trinajstić information content (AvgIpc) is 3.42. The maximum Gasteiger partial charge on any atom is 0.259 e. The first-order valence-electron chi connectivity index (χ1n) is 12.7. The molecule has 2 aliphatic heterocycles. The van der Waals surface area contributed by atoms with Crippen LogP contribution in [0.25, 0.3) is 11.5 Å². The largest absolute Gasteiger partial charge is 0.394 e. The molecule has 1 saturated carbocycles. The van der Waals surface area contributed by atoms with E-state index in [-0.39, 0.29) is 18.6 Å². The predicted octanol–water partition coefficient (Wildman–Crippen LogP) is 2.29. The number of carbonyl (C=O) groups excluding carboxylic acids is 1. The Balaban J connectivity index is 1.46. The van der Waals surface area contributed by atoms with E-state index in [4.69, 9.17) is 4.98 Å². The van der Waals surface area contributed by atoms with Gasteiger partial charge < -0.3 is 25.5 Å². The highest BCUT2D eigenvalue weighted by atomic mass is 16.3. The SMILES string of the molecule is O=C(c1cnc(-c2cc(N3CCNCC3)ccn2)nc1NC1CCCC1)N1CCCCC1CO. The summed E-state index contributed by atoms with van der Waals surface area (Å²) < 4.78 is 0. The molecule has 3 N–H and O–H groups in total. The van der Waals surface area contributed by atoms with Crippen LogP contribution in [-0.4, -0.2) is 82.3 Å². The van der Waals surface area contributed by atoms with Crippen LogP contribution in [0.4, 0.5) is 11.5 Å². The zero-order chi connectivity index (χ0) is 23.3. The molecule has 0 spiro atoms. The zero-order valence-electron chi connectivity index (χ0n) is 19.7. The van der Waals surface area contributed by atoms with Crippen molar-refractivity contribution in [3.05, 3.63) is 30.1 Å². The van der Waals surface area contributed by atoms with Crippen molar-refractivity contribution >= 4 is 17.4 Å². The summed E-state index contributed by atoms with van der Waals surface area (Å²) in [6, 6.07) is 4.23. The van der Waals surface area contributed by atoms with E-state index >= 15 is 0 Å². The monoisotopic (exact) mass is 465 g/mol. The second-order valence-corrected chi connectivity index (χ2v) is 9.55. The number of piperidine rings is 1. The number of nitrogens with one attached hydrogen (secondary N) is 2. The van der Waals surface area contributed by atoms with Gasteiger partial charge in [-0.15, -0.1) is 0 Å². The molecule has 1 atom stereocenters. The fraction of sp³-hybridized carbons (Fsp3) is 0.600. The van der Waals surface area contributed by atoms with Crippen LogP contribution in [0.1, 0.15) is 55.3 Å². The van der Waals surface area contributed by atoms with Crippen molar-refractivity contribution in [3.63, 3.8) is 0 Å². The van der Waals surface area contributed by atoms with Crippen LogP contribution in [-0.2, 0) is 0 Å². The van der Waals surface area contributed by atoms with Gasteiger partial charge in [0, 0.05) is 56.8 Å². The Morgan fingerprint density at radius 2 is 1.88 bits per heavy atom. The van der Waals surface area contributed by atoms with Crippen molar-refractivity contribution in [3.8, 4) is 11.5 Å². The third-order valence-corrected chi connectivity index (χ3v) is 7.27. The number of hydrogen-bond acceptors (Lipinski definition) is 8. The molecule has 3 aliphatic rings. The van der Waals surface area contributed by atoms with Gasteiger partial charge in [-0.05, 0) is 44.2 Å². The molecule has 3 fully saturated rings. The molecule has 2 aromatic heterocycles. The molecular weight excluding hydrogens is 430 g/mol. The van der Waals surface area contributed by atoms with E-state index in [1.165, 1.54) is 12.8 Å². The van der Waals surface area contributed by atoms with Crippen LogP contribution < -0.4 is 15.5 Å². The summed E-state index contributed by atoms with van der Waals surface area (Å²) >= 11 is 0. The highest BCUT2D eigenvalue weighted by Crippen LogP contribution is 2.28. The second-order valence-electron chi connectivity index (χ2n) is 9.55. The lowest BCUT2D eigenvalue weighted by molar-refractivity contribution is 0.0503. The van der Waals surface area contributed by atoms with Crippen LogP contribution in [0.2, 0.25) is 0 Å². The van der Waals surface area contributed by atoms with Crippen molar-refractivity contribution in [1.82, 2.24) is 25.2 Å². The fourth-order valence-corrected chi connectivity index (χ4v) is 5.31. The Morgan fingerprint density at radius 3 is 2.68 bits per heavy atom. The minimum absolute atomic E-state index is 0.0151. The molecular formula is C25H35N7O2. The van der Waals surface area contributed by atoms with E-state index < -0.39 is 0 Å². The third-order valence-electron chi connectivity index (χ3n) is 7.27. The summed E-state index contributed by atoms with van der Waals surface area (Å²) in [5.74, 6) is 0.998. The van der Waals surface area contributed by atoms with E-state index in [9.17, 15) is 9.90 Å². The van der Waals surface area contributed by atoms with Gasteiger partial charge in [0.1, 0.15) is 17.1 Å². The first-order chi connectivity index (χ1) is 16.7. The molecule has 1 amide bonds. The van der Waals surface area contributed by atoms with Crippen LogP contribution in [0, 0.1) is 0 Å². The van der Waals surface area contributed by atoms with Crippen molar-refractivity contribution in [1.29, 1.82) is 0 Å². The van der Waals surface area contributed by atoms with Crippen molar-refractivity contribution in [2.75, 3.05) is 49.5 Å². The first-order valence-corrected chi connectivity index (χ1v) is 12.7. The number of anilines is 2. The Kier molecular flexibility index (Phi) is 7.20. The van der Waals surface area contributed by atoms with E-state index in [0.29, 0.717) is 35.5 Å².